The van der Waals surface area contributed by atoms with Crippen LogP contribution < -0.4 is 10.6 Å². The lowest BCUT2D eigenvalue weighted by atomic mass is 9.99. The van der Waals surface area contributed by atoms with E-state index in [1.807, 2.05) is 0 Å². The molecule has 5 heteroatoms. The molecule has 1 aromatic carbocycles. The highest BCUT2D eigenvalue weighted by Gasteiger charge is 2.12. The lowest BCUT2D eigenvalue weighted by molar-refractivity contribution is 0.645. The molecule has 4 nitrogen and oxygen atoms in total. The molecule has 2 aromatic rings. The molecule has 0 saturated heterocycles. The first-order valence-electron chi connectivity index (χ1n) is 5.28. The van der Waals surface area contributed by atoms with Crippen LogP contribution >= 0.6 is 11.5 Å². The van der Waals surface area contributed by atoms with Crippen molar-refractivity contribution >= 4 is 22.4 Å². The van der Waals surface area contributed by atoms with Gasteiger partial charge in [0.2, 0.25) is 5.13 Å². The van der Waals surface area contributed by atoms with Crippen LogP contribution in [0.5, 0.6) is 0 Å². The average Bonchev–Trinajstić information content (AvgIpc) is 2.82. The minimum absolute atomic E-state index is 0.854. The number of benzene rings is 1. The fourth-order valence-electron chi connectivity index (χ4n) is 1.99. The van der Waals surface area contributed by atoms with E-state index in [-0.39, 0.29) is 0 Å². The molecule has 0 atom stereocenters. The average molecular weight is 232 g/mol. The summed E-state index contributed by atoms with van der Waals surface area (Å²) in [5.74, 6) is 0. The lowest BCUT2D eigenvalue weighted by Gasteiger charge is -2.20. The van der Waals surface area contributed by atoms with Crippen molar-refractivity contribution in [2.24, 2.45) is 0 Å². The van der Waals surface area contributed by atoms with Crippen molar-refractivity contribution in [3.05, 3.63) is 35.7 Å². The van der Waals surface area contributed by atoms with Crippen LogP contribution in [0, 0.1) is 0 Å². The van der Waals surface area contributed by atoms with Crippen molar-refractivity contribution in [1.82, 2.24) is 14.7 Å². The summed E-state index contributed by atoms with van der Waals surface area (Å²) in [5, 5.41) is 7.56. The first kappa shape index (κ1) is 9.74. The lowest BCUT2D eigenvalue weighted by Crippen LogP contribution is -2.24. The summed E-state index contributed by atoms with van der Waals surface area (Å²) in [6, 6.07) is 6.35. The molecule has 0 radical (unpaired) electrons. The summed E-state index contributed by atoms with van der Waals surface area (Å²) >= 11 is 1.38. The highest BCUT2D eigenvalue weighted by atomic mass is 32.1. The molecule has 0 spiro atoms. The van der Waals surface area contributed by atoms with Gasteiger partial charge in [-0.1, -0.05) is 12.1 Å². The van der Waals surface area contributed by atoms with Crippen molar-refractivity contribution in [3.63, 3.8) is 0 Å². The van der Waals surface area contributed by atoms with Gasteiger partial charge >= 0.3 is 0 Å². The molecular formula is C11H12N4S. The van der Waals surface area contributed by atoms with Crippen molar-refractivity contribution in [3.8, 4) is 0 Å². The zero-order valence-electron chi connectivity index (χ0n) is 8.73. The second-order valence-electron chi connectivity index (χ2n) is 3.74. The summed E-state index contributed by atoms with van der Waals surface area (Å²) in [5.41, 5.74) is 3.94. The zero-order chi connectivity index (χ0) is 10.8. The molecule has 0 fully saturated rings. The fraction of sp³-hybridized carbons (Fsp3) is 0.273. The number of hydrogen-bond donors (Lipinski definition) is 2. The number of anilines is 2. The fourth-order valence-corrected chi connectivity index (χ4v) is 2.44. The Balaban J connectivity index is 1.94. The molecule has 16 heavy (non-hydrogen) atoms. The van der Waals surface area contributed by atoms with Gasteiger partial charge in [0, 0.05) is 23.8 Å². The summed E-state index contributed by atoms with van der Waals surface area (Å²) < 4.78 is 3.99. The standard InChI is InChI=1S/C11H12N4S/c1-2-8-6-12-5-4-9(8)10(3-1)15-11-13-7-14-16-11/h1-3,7,12H,4-6H2,(H,13,14,15). The van der Waals surface area contributed by atoms with E-state index in [9.17, 15) is 0 Å². The summed E-state index contributed by atoms with van der Waals surface area (Å²) in [6.07, 6.45) is 2.64. The Morgan fingerprint density at radius 2 is 2.38 bits per heavy atom. The summed E-state index contributed by atoms with van der Waals surface area (Å²) in [4.78, 5) is 4.14. The number of nitrogens with zero attached hydrogens (tertiary/aromatic N) is 2. The van der Waals surface area contributed by atoms with Gasteiger partial charge in [-0.15, -0.1) is 0 Å². The molecule has 1 aliphatic rings. The molecule has 2 N–H and O–H groups in total. The van der Waals surface area contributed by atoms with E-state index in [2.05, 4.69) is 38.2 Å². The SMILES string of the molecule is c1cc2c(c(Nc3ncns3)c1)CCNC2. The third-order valence-electron chi connectivity index (χ3n) is 2.74. The highest BCUT2D eigenvalue weighted by Crippen LogP contribution is 2.26. The first-order valence-corrected chi connectivity index (χ1v) is 6.06. The van der Waals surface area contributed by atoms with Crippen molar-refractivity contribution in [2.45, 2.75) is 13.0 Å². The molecule has 1 aliphatic heterocycles. The van der Waals surface area contributed by atoms with Gasteiger partial charge in [0.05, 0.1) is 0 Å². The molecule has 0 unspecified atom stereocenters. The second-order valence-corrected chi connectivity index (χ2v) is 4.52. The van der Waals surface area contributed by atoms with Gasteiger partial charge in [0.1, 0.15) is 6.33 Å². The van der Waals surface area contributed by atoms with Crippen LogP contribution in [0.15, 0.2) is 24.5 Å². The smallest absolute Gasteiger partial charge is 0.206 e. The van der Waals surface area contributed by atoms with E-state index in [1.165, 1.54) is 22.7 Å². The molecule has 0 amide bonds. The van der Waals surface area contributed by atoms with Crippen LogP contribution in [0.4, 0.5) is 10.8 Å². The van der Waals surface area contributed by atoms with Crippen LogP contribution in [-0.2, 0) is 13.0 Å². The summed E-state index contributed by atoms with van der Waals surface area (Å²) in [7, 11) is 0. The Hall–Kier alpha value is -1.46. The Kier molecular flexibility index (Phi) is 2.55. The van der Waals surface area contributed by atoms with Gasteiger partial charge in [-0.3, -0.25) is 0 Å². The van der Waals surface area contributed by atoms with Crippen LogP contribution in [0.1, 0.15) is 11.1 Å². The predicted molar refractivity (Wildman–Crippen MR) is 65.0 cm³/mol. The maximum atomic E-state index is 4.14. The zero-order valence-corrected chi connectivity index (χ0v) is 9.55. The number of rotatable bonds is 2. The molecule has 2 heterocycles. The van der Waals surface area contributed by atoms with Crippen molar-refractivity contribution in [2.75, 3.05) is 11.9 Å². The van der Waals surface area contributed by atoms with E-state index in [1.54, 1.807) is 6.33 Å². The van der Waals surface area contributed by atoms with Crippen LogP contribution in [0.2, 0.25) is 0 Å². The van der Waals surface area contributed by atoms with Crippen molar-refractivity contribution in [1.29, 1.82) is 0 Å². The van der Waals surface area contributed by atoms with Crippen molar-refractivity contribution < 1.29 is 0 Å². The number of hydrogen-bond acceptors (Lipinski definition) is 5. The van der Waals surface area contributed by atoms with E-state index < -0.39 is 0 Å². The second kappa shape index (κ2) is 4.19. The highest BCUT2D eigenvalue weighted by molar-refractivity contribution is 7.09. The predicted octanol–water partition coefficient (Wildman–Crippen LogP) is 1.93. The third-order valence-corrected chi connectivity index (χ3v) is 3.32. The molecule has 82 valence electrons. The quantitative estimate of drug-likeness (QED) is 0.830. The molecule has 1 aromatic heterocycles. The first-order chi connectivity index (χ1) is 7.93. The molecule has 0 saturated carbocycles. The van der Waals surface area contributed by atoms with Crippen LogP contribution in [0.25, 0.3) is 0 Å². The normalized spacial score (nSPS) is 14.5. The minimum atomic E-state index is 0.854. The van der Waals surface area contributed by atoms with Gasteiger partial charge in [0.25, 0.3) is 0 Å². The Morgan fingerprint density at radius 3 is 3.25 bits per heavy atom. The minimum Gasteiger partial charge on any atom is -0.330 e. The van der Waals surface area contributed by atoms with Crippen LogP contribution in [-0.4, -0.2) is 15.9 Å². The van der Waals surface area contributed by atoms with Crippen LogP contribution in [0.3, 0.4) is 0 Å². The number of aromatic nitrogens is 2. The van der Waals surface area contributed by atoms with E-state index in [0.29, 0.717) is 0 Å². The third kappa shape index (κ3) is 1.79. The van der Waals surface area contributed by atoms with E-state index >= 15 is 0 Å². The Morgan fingerprint density at radius 1 is 1.38 bits per heavy atom. The van der Waals surface area contributed by atoms with Gasteiger partial charge in [-0.25, -0.2) is 4.98 Å². The van der Waals surface area contributed by atoms with E-state index in [0.717, 1.165) is 30.3 Å². The van der Waals surface area contributed by atoms with E-state index in [4.69, 9.17) is 0 Å². The molecule has 0 bridgehead atoms. The van der Waals surface area contributed by atoms with Gasteiger partial charge in [0.15, 0.2) is 0 Å². The number of nitrogens with one attached hydrogen (secondary N) is 2. The molecular weight excluding hydrogens is 220 g/mol. The molecule has 3 rings (SSSR count). The maximum Gasteiger partial charge on any atom is 0.206 e. The van der Waals surface area contributed by atoms with Gasteiger partial charge in [-0.2, -0.15) is 4.37 Å². The number of fused-ring (bicyclic) bond motifs is 1. The summed E-state index contributed by atoms with van der Waals surface area (Å²) in [6.45, 7) is 2.00. The maximum absolute atomic E-state index is 4.14. The largest absolute Gasteiger partial charge is 0.330 e. The molecule has 0 aliphatic carbocycles. The Labute approximate surface area is 97.9 Å². The van der Waals surface area contributed by atoms with Gasteiger partial charge < -0.3 is 10.6 Å². The Bertz CT molecular complexity index is 481. The monoisotopic (exact) mass is 232 g/mol. The van der Waals surface area contributed by atoms with Gasteiger partial charge in [-0.05, 0) is 30.2 Å². The topological polar surface area (TPSA) is 49.8 Å².